The first-order valence-electron chi connectivity index (χ1n) is 10.1. The summed E-state index contributed by atoms with van der Waals surface area (Å²) in [7, 11) is 1.57. The van der Waals surface area contributed by atoms with Gasteiger partial charge in [0.2, 0.25) is 10.9 Å². The minimum atomic E-state index is -0.727. The van der Waals surface area contributed by atoms with E-state index in [1.54, 1.807) is 37.4 Å². The lowest BCUT2D eigenvalue weighted by molar-refractivity contribution is 0.0970. The van der Waals surface area contributed by atoms with Crippen LogP contribution in [0, 0.1) is 0 Å². The molecule has 5 rings (SSSR count). The summed E-state index contributed by atoms with van der Waals surface area (Å²) in [6.45, 7) is 2.05. The van der Waals surface area contributed by atoms with Crippen LogP contribution >= 0.6 is 22.9 Å². The summed E-state index contributed by atoms with van der Waals surface area (Å²) in [6, 6.07) is 11.3. The first-order valence-corrected chi connectivity index (χ1v) is 11.3. The molecule has 3 heterocycles. The molecule has 0 bridgehead atoms. The Morgan fingerprint density at radius 3 is 2.81 bits per heavy atom. The van der Waals surface area contributed by atoms with E-state index >= 15 is 0 Å². The lowest BCUT2D eigenvalue weighted by atomic mass is 9.98. The number of halogens is 1. The molecule has 0 radical (unpaired) electrons. The number of ether oxygens (including phenoxy) is 1. The maximum atomic E-state index is 13.6. The van der Waals surface area contributed by atoms with Crippen LogP contribution in [0.25, 0.3) is 11.0 Å². The number of hydrogen-bond acceptors (Lipinski definition) is 7. The topological polar surface area (TPSA) is 85.5 Å². The molecule has 0 saturated heterocycles. The van der Waals surface area contributed by atoms with Gasteiger partial charge in [-0.1, -0.05) is 42.0 Å². The number of amides is 1. The van der Waals surface area contributed by atoms with Gasteiger partial charge in [-0.25, -0.2) is 0 Å². The van der Waals surface area contributed by atoms with Crippen molar-refractivity contribution in [3.63, 3.8) is 0 Å². The van der Waals surface area contributed by atoms with Crippen LogP contribution in [0.4, 0.5) is 5.13 Å². The lowest BCUT2D eigenvalue weighted by Gasteiger charge is -2.22. The van der Waals surface area contributed by atoms with Gasteiger partial charge in [-0.15, -0.1) is 10.2 Å². The lowest BCUT2D eigenvalue weighted by Crippen LogP contribution is -2.29. The van der Waals surface area contributed by atoms with E-state index in [4.69, 9.17) is 20.8 Å². The molecule has 0 spiro atoms. The van der Waals surface area contributed by atoms with Crippen molar-refractivity contribution in [2.45, 2.75) is 25.8 Å². The van der Waals surface area contributed by atoms with Crippen molar-refractivity contribution in [2.24, 2.45) is 0 Å². The first kappa shape index (κ1) is 20.7. The van der Waals surface area contributed by atoms with E-state index in [0.717, 1.165) is 17.8 Å². The SMILES string of the molecule is CCCc1nnc(N2C(=O)c3oc4ccc(Cl)cc4c(=O)c3[C@H]2c2cccc(OC)c2)s1. The number of nitrogens with zero attached hydrogens (tertiary/aromatic N) is 3. The molecule has 7 nitrogen and oxygen atoms in total. The summed E-state index contributed by atoms with van der Waals surface area (Å²) in [6.07, 6.45) is 1.67. The van der Waals surface area contributed by atoms with Crippen LogP contribution in [0.15, 0.2) is 51.7 Å². The molecular weight excluding hydrogens is 450 g/mol. The minimum absolute atomic E-state index is 0.00452. The smallest absolute Gasteiger partial charge is 0.297 e. The van der Waals surface area contributed by atoms with Crippen LogP contribution in [0.2, 0.25) is 5.02 Å². The minimum Gasteiger partial charge on any atom is -0.497 e. The molecule has 2 aromatic carbocycles. The number of anilines is 1. The van der Waals surface area contributed by atoms with Gasteiger partial charge in [-0.05, 0) is 42.3 Å². The van der Waals surface area contributed by atoms with Crippen LogP contribution in [-0.2, 0) is 6.42 Å². The van der Waals surface area contributed by atoms with Crippen LogP contribution < -0.4 is 15.1 Å². The molecule has 32 heavy (non-hydrogen) atoms. The van der Waals surface area contributed by atoms with Crippen molar-refractivity contribution in [3.05, 3.63) is 79.6 Å². The molecule has 1 aliphatic rings. The Balaban J connectivity index is 1.77. The Kier molecular flexibility index (Phi) is 5.19. The van der Waals surface area contributed by atoms with Gasteiger partial charge in [0.1, 0.15) is 16.3 Å². The van der Waals surface area contributed by atoms with E-state index in [1.807, 2.05) is 12.1 Å². The Morgan fingerprint density at radius 2 is 2.03 bits per heavy atom. The maximum absolute atomic E-state index is 13.6. The fourth-order valence-electron chi connectivity index (χ4n) is 3.93. The van der Waals surface area contributed by atoms with Gasteiger partial charge in [0.25, 0.3) is 5.91 Å². The third-order valence-electron chi connectivity index (χ3n) is 5.37. The number of aryl methyl sites for hydroxylation is 1. The van der Waals surface area contributed by atoms with Crippen molar-refractivity contribution < 1.29 is 13.9 Å². The number of hydrogen-bond donors (Lipinski definition) is 0. The average molecular weight is 468 g/mol. The van der Waals surface area contributed by atoms with Crippen LogP contribution in [0.5, 0.6) is 5.75 Å². The molecule has 0 fully saturated rings. The zero-order chi connectivity index (χ0) is 22.4. The molecule has 1 atom stereocenters. The standard InChI is InChI=1S/C23H18ClN3O4S/c1-3-5-17-25-26-23(32-17)27-19(12-6-4-7-14(10-12)30-2)18-20(28)15-11-13(24)8-9-16(15)31-21(18)22(27)29/h4,6-11,19H,3,5H2,1-2H3/t19-/m1/s1. The summed E-state index contributed by atoms with van der Waals surface area (Å²) >= 11 is 7.47. The van der Waals surface area contributed by atoms with Crippen LogP contribution in [0.1, 0.15) is 46.1 Å². The predicted molar refractivity (Wildman–Crippen MR) is 123 cm³/mol. The van der Waals surface area contributed by atoms with Crippen molar-refractivity contribution >= 4 is 44.9 Å². The summed E-state index contributed by atoms with van der Waals surface area (Å²) < 4.78 is 11.3. The number of fused-ring (bicyclic) bond motifs is 2. The molecule has 0 aliphatic carbocycles. The van der Waals surface area contributed by atoms with E-state index < -0.39 is 11.9 Å². The number of carbonyl (C=O) groups excluding carboxylic acids is 1. The van der Waals surface area contributed by atoms with Crippen molar-refractivity contribution in [1.82, 2.24) is 10.2 Å². The van der Waals surface area contributed by atoms with E-state index in [1.165, 1.54) is 16.2 Å². The fourth-order valence-corrected chi connectivity index (χ4v) is 5.07. The number of benzene rings is 2. The number of aromatic nitrogens is 2. The van der Waals surface area contributed by atoms with E-state index in [9.17, 15) is 9.59 Å². The third kappa shape index (κ3) is 3.27. The van der Waals surface area contributed by atoms with E-state index in [0.29, 0.717) is 32.4 Å². The summed E-state index contributed by atoms with van der Waals surface area (Å²) in [5, 5.41) is 10.5. The zero-order valence-corrected chi connectivity index (χ0v) is 18.9. The third-order valence-corrected chi connectivity index (χ3v) is 6.59. The molecule has 1 amide bonds. The van der Waals surface area contributed by atoms with Gasteiger partial charge in [0, 0.05) is 11.4 Å². The normalized spacial score (nSPS) is 15.4. The van der Waals surface area contributed by atoms with Gasteiger partial charge >= 0.3 is 0 Å². The van der Waals surface area contributed by atoms with Crippen molar-refractivity contribution in [1.29, 1.82) is 0 Å². The molecule has 0 N–H and O–H groups in total. The first-order chi connectivity index (χ1) is 15.5. The maximum Gasteiger partial charge on any atom is 0.297 e. The number of rotatable bonds is 5. The van der Waals surface area contributed by atoms with Crippen molar-refractivity contribution in [3.8, 4) is 5.75 Å². The van der Waals surface area contributed by atoms with E-state index in [-0.39, 0.29) is 16.8 Å². The average Bonchev–Trinajstić information content (AvgIpc) is 3.37. The summed E-state index contributed by atoms with van der Waals surface area (Å²) in [5.41, 5.74) is 0.968. The Hall–Kier alpha value is -3.23. The van der Waals surface area contributed by atoms with Gasteiger partial charge in [-0.2, -0.15) is 0 Å². The largest absolute Gasteiger partial charge is 0.497 e. The Labute approximate surface area is 192 Å². The Morgan fingerprint density at radius 1 is 1.19 bits per heavy atom. The highest BCUT2D eigenvalue weighted by Crippen LogP contribution is 2.42. The van der Waals surface area contributed by atoms with Gasteiger partial charge in [0.05, 0.1) is 24.1 Å². The second kappa shape index (κ2) is 8.03. The monoisotopic (exact) mass is 467 g/mol. The molecule has 0 saturated carbocycles. The van der Waals surface area contributed by atoms with Gasteiger partial charge < -0.3 is 9.15 Å². The highest BCUT2D eigenvalue weighted by atomic mass is 35.5. The van der Waals surface area contributed by atoms with Gasteiger partial charge in [0.15, 0.2) is 5.43 Å². The van der Waals surface area contributed by atoms with Crippen molar-refractivity contribution in [2.75, 3.05) is 12.0 Å². The highest BCUT2D eigenvalue weighted by Gasteiger charge is 2.45. The zero-order valence-electron chi connectivity index (χ0n) is 17.3. The van der Waals surface area contributed by atoms with Crippen LogP contribution in [-0.4, -0.2) is 23.2 Å². The van der Waals surface area contributed by atoms with Crippen LogP contribution in [0.3, 0.4) is 0 Å². The quantitative estimate of drug-likeness (QED) is 0.410. The fraction of sp³-hybridized carbons (Fsp3) is 0.217. The highest BCUT2D eigenvalue weighted by molar-refractivity contribution is 7.15. The molecule has 1 aliphatic heterocycles. The number of carbonyl (C=O) groups is 1. The second-order valence-corrected chi connectivity index (χ2v) is 8.87. The molecule has 9 heteroatoms. The van der Waals surface area contributed by atoms with E-state index in [2.05, 4.69) is 17.1 Å². The summed E-state index contributed by atoms with van der Waals surface area (Å²) in [4.78, 5) is 28.6. The molecular formula is C23H18ClN3O4S. The molecule has 162 valence electrons. The summed E-state index contributed by atoms with van der Waals surface area (Å²) in [5.74, 6) is 0.186. The van der Waals surface area contributed by atoms with Gasteiger partial charge in [-0.3, -0.25) is 14.5 Å². The number of methoxy groups -OCH3 is 1. The molecule has 4 aromatic rings. The molecule has 0 unspecified atom stereocenters. The second-order valence-electron chi connectivity index (χ2n) is 7.40. The Bertz CT molecular complexity index is 1410. The molecule has 2 aromatic heterocycles. The predicted octanol–water partition coefficient (Wildman–Crippen LogP) is 5.01.